The molecule has 6 heteroatoms. The van der Waals surface area contributed by atoms with Crippen molar-refractivity contribution in [2.24, 2.45) is 5.10 Å². The second-order valence-corrected chi connectivity index (χ2v) is 5.37. The van der Waals surface area contributed by atoms with Gasteiger partial charge in [0, 0.05) is 11.8 Å². The number of hydrogen-bond acceptors (Lipinski definition) is 4. The Morgan fingerprint density at radius 2 is 1.83 bits per heavy atom. The van der Waals surface area contributed by atoms with E-state index < -0.39 is 5.91 Å². The van der Waals surface area contributed by atoms with Crippen molar-refractivity contribution in [1.82, 2.24) is 10.4 Å². The lowest BCUT2D eigenvalue weighted by Crippen LogP contribution is -2.20. The first kappa shape index (κ1) is 15.2. The van der Waals surface area contributed by atoms with E-state index in [1.165, 1.54) is 0 Å². The molecular weight excluding hydrogens is 358 g/mol. The van der Waals surface area contributed by atoms with E-state index in [2.05, 4.69) is 31.4 Å². The van der Waals surface area contributed by atoms with Crippen LogP contribution < -0.4 is 5.43 Å². The van der Waals surface area contributed by atoms with Gasteiger partial charge in [-0.05, 0) is 40.2 Å². The quantitative estimate of drug-likeness (QED) is 0.564. The van der Waals surface area contributed by atoms with Crippen molar-refractivity contribution in [3.63, 3.8) is 0 Å². The lowest BCUT2D eigenvalue weighted by atomic mass is 10.1. The fourth-order valence-electron chi connectivity index (χ4n) is 1.97. The molecular formula is C17H12BrN3O2. The van der Waals surface area contributed by atoms with Crippen LogP contribution in [0.15, 0.2) is 81.0 Å². The molecule has 0 unspecified atom stereocenters. The summed E-state index contributed by atoms with van der Waals surface area (Å²) in [4.78, 5) is 16.4. The van der Waals surface area contributed by atoms with Gasteiger partial charge in [0.05, 0.1) is 5.69 Å². The molecule has 3 rings (SSSR count). The van der Waals surface area contributed by atoms with Gasteiger partial charge in [-0.25, -0.2) is 5.43 Å². The van der Waals surface area contributed by atoms with E-state index in [4.69, 9.17) is 4.42 Å². The number of halogens is 1. The second-order valence-electron chi connectivity index (χ2n) is 4.59. The van der Waals surface area contributed by atoms with E-state index in [0.717, 1.165) is 5.56 Å². The maximum absolute atomic E-state index is 12.1. The maximum Gasteiger partial charge on any atom is 0.307 e. The summed E-state index contributed by atoms with van der Waals surface area (Å²) in [5, 5.41) is 4.23. The van der Waals surface area contributed by atoms with Crippen LogP contribution in [0.25, 0.3) is 0 Å². The Morgan fingerprint density at radius 1 is 1.04 bits per heavy atom. The fraction of sp³-hybridized carbons (Fsp3) is 0. The van der Waals surface area contributed by atoms with Gasteiger partial charge in [-0.3, -0.25) is 9.78 Å². The van der Waals surface area contributed by atoms with Gasteiger partial charge in [-0.1, -0.05) is 36.4 Å². The zero-order chi connectivity index (χ0) is 16.1. The number of hydrazone groups is 1. The Hall–Kier alpha value is -2.73. The fourth-order valence-corrected chi connectivity index (χ4v) is 2.27. The first-order valence-electron chi connectivity index (χ1n) is 6.84. The Balaban J connectivity index is 1.91. The topological polar surface area (TPSA) is 67.5 Å². The number of benzene rings is 1. The molecule has 1 aromatic carbocycles. The van der Waals surface area contributed by atoms with E-state index in [9.17, 15) is 4.79 Å². The van der Waals surface area contributed by atoms with E-state index >= 15 is 0 Å². The van der Waals surface area contributed by atoms with Crippen LogP contribution in [0.5, 0.6) is 0 Å². The molecule has 0 aliphatic rings. The summed E-state index contributed by atoms with van der Waals surface area (Å²) in [6.07, 6.45) is 1.68. The summed E-state index contributed by atoms with van der Waals surface area (Å²) < 4.78 is 5.69. The zero-order valence-electron chi connectivity index (χ0n) is 11.9. The van der Waals surface area contributed by atoms with Crippen LogP contribution >= 0.6 is 15.9 Å². The predicted octanol–water partition coefficient (Wildman–Crippen LogP) is 3.62. The summed E-state index contributed by atoms with van der Waals surface area (Å²) in [5.74, 6) is -0.255. The smallest absolute Gasteiger partial charge is 0.307 e. The highest BCUT2D eigenvalue weighted by atomic mass is 79.9. The normalized spacial score (nSPS) is 11.3. The van der Waals surface area contributed by atoms with Crippen molar-refractivity contribution >= 4 is 27.5 Å². The minimum atomic E-state index is -0.430. The predicted molar refractivity (Wildman–Crippen MR) is 90.2 cm³/mol. The molecule has 0 saturated carbocycles. The largest absolute Gasteiger partial charge is 0.444 e. The van der Waals surface area contributed by atoms with Crippen molar-refractivity contribution in [3.8, 4) is 0 Å². The van der Waals surface area contributed by atoms with E-state index in [0.29, 0.717) is 16.1 Å². The molecule has 0 spiro atoms. The van der Waals surface area contributed by atoms with Crippen LogP contribution in [0.1, 0.15) is 21.8 Å². The van der Waals surface area contributed by atoms with Gasteiger partial charge in [0.25, 0.3) is 0 Å². The zero-order valence-corrected chi connectivity index (χ0v) is 13.5. The molecule has 0 fully saturated rings. The standard InChI is InChI=1S/C17H12BrN3O2/c18-15-10-9-14(23-15)17(22)21-20-16(12-6-2-1-3-7-12)13-8-4-5-11-19-13/h1-11H,(H,21,22)/b20-16-. The van der Waals surface area contributed by atoms with Gasteiger partial charge >= 0.3 is 5.91 Å². The molecule has 0 bridgehead atoms. The number of furan rings is 1. The van der Waals surface area contributed by atoms with Crippen molar-refractivity contribution in [1.29, 1.82) is 0 Å². The Kier molecular flexibility index (Phi) is 4.63. The third-order valence-corrected chi connectivity index (χ3v) is 3.45. The number of nitrogens with one attached hydrogen (secondary N) is 1. The highest BCUT2D eigenvalue weighted by Gasteiger charge is 2.12. The summed E-state index contributed by atoms with van der Waals surface area (Å²) in [7, 11) is 0. The summed E-state index contributed by atoms with van der Waals surface area (Å²) >= 11 is 3.16. The summed E-state index contributed by atoms with van der Waals surface area (Å²) in [6.45, 7) is 0. The molecule has 0 aliphatic heterocycles. The van der Waals surface area contributed by atoms with Gasteiger partial charge in [0.2, 0.25) is 0 Å². The number of carbonyl (C=O) groups is 1. The number of carbonyl (C=O) groups excluding carboxylic acids is 1. The SMILES string of the molecule is O=C(N/N=C(/c1ccccc1)c1ccccn1)c1ccc(Br)o1. The molecule has 1 N–H and O–H groups in total. The number of hydrogen-bond donors (Lipinski definition) is 1. The van der Waals surface area contributed by atoms with E-state index in [-0.39, 0.29) is 5.76 Å². The number of nitrogens with zero attached hydrogens (tertiary/aromatic N) is 2. The molecule has 0 atom stereocenters. The van der Waals surface area contributed by atoms with Crippen molar-refractivity contribution in [2.45, 2.75) is 0 Å². The molecule has 0 aliphatic carbocycles. The molecule has 0 saturated heterocycles. The summed E-state index contributed by atoms with van der Waals surface area (Å²) in [6, 6.07) is 18.3. The maximum atomic E-state index is 12.1. The Bertz CT molecular complexity index is 788. The number of amides is 1. The first-order chi connectivity index (χ1) is 11.2. The van der Waals surface area contributed by atoms with Gasteiger partial charge in [-0.15, -0.1) is 0 Å². The second kappa shape index (κ2) is 7.02. The lowest BCUT2D eigenvalue weighted by molar-refractivity contribution is 0.0926. The average Bonchev–Trinajstić information content (AvgIpc) is 3.03. The van der Waals surface area contributed by atoms with Crippen molar-refractivity contribution < 1.29 is 9.21 Å². The molecule has 23 heavy (non-hydrogen) atoms. The van der Waals surface area contributed by atoms with Crippen molar-refractivity contribution in [3.05, 3.63) is 88.5 Å². The molecule has 114 valence electrons. The van der Waals surface area contributed by atoms with E-state index in [1.807, 2.05) is 48.5 Å². The summed E-state index contributed by atoms with van der Waals surface area (Å²) in [5.41, 5.74) is 4.60. The van der Waals surface area contributed by atoms with Gasteiger partial charge in [0.1, 0.15) is 5.71 Å². The molecule has 5 nitrogen and oxygen atoms in total. The monoisotopic (exact) mass is 369 g/mol. The lowest BCUT2D eigenvalue weighted by Gasteiger charge is -2.06. The molecule has 2 heterocycles. The minimum Gasteiger partial charge on any atom is -0.444 e. The van der Waals surface area contributed by atoms with E-state index in [1.54, 1.807) is 18.3 Å². The Morgan fingerprint density at radius 3 is 2.48 bits per heavy atom. The molecule has 0 radical (unpaired) electrons. The van der Waals surface area contributed by atoms with Crippen LogP contribution in [0.3, 0.4) is 0 Å². The third kappa shape index (κ3) is 3.73. The molecule has 1 amide bonds. The van der Waals surface area contributed by atoms with Gasteiger partial charge < -0.3 is 4.42 Å². The first-order valence-corrected chi connectivity index (χ1v) is 7.63. The number of pyridine rings is 1. The third-order valence-electron chi connectivity index (χ3n) is 3.02. The highest BCUT2D eigenvalue weighted by molar-refractivity contribution is 9.10. The Labute approximate surface area is 141 Å². The highest BCUT2D eigenvalue weighted by Crippen LogP contribution is 2.14. The average molecular weight is 370 g/mol. The van der Waals surface area contributed by atoms with Crippen molar-refractivity contribution in [2.75, 3.05) is 0 Å². The van der Waals surface area contributed by atoms with Crippen LogP contribution in [0, 0.1) is 0 Å². The number of rotatable bonds is 4. The van der Waals surface area contributed by atoms with Crippen LogP contribution in [0.4, 0.5) is 0 Å². The number of aromatic nitrogens is 1. The molecule has 3 aromatic rings. The van der Waals surface area contributed by atoms with Gasteiger partial charge in [0.15, 0.2) is 10.4 Å². The minimum absolute atomic E-state index is 0.175. The van der Waals surface area contributed by atoms with Crippen LogP contribution in [0.2, 0.25) is 0 Å². The van der Waals surface area contributed by atoms with Crippen LogP contribution in [-0.4, -0.2) is 16.6 Å². The van der Waals surface area contributed by atoms with Gasteiger partial charge in [-0.2, -0.15) is 5.10 Å². The van der Waals surface area contributed by atoms with Crippen LogP contribution in [-0.2, 0) is 0 Å². The molecule has 2 aromatic heterocycles.